The molecule has 3 aliphatic rings. The van der Waals surface area contributed by atoms with E-state index in [2.05, 4.69) is 26.3 Å². The van der Waals surface area contributed by atoms with Gasteiger partial charge in [-0.3, -0.25) is 14.6 Å². The Morgan fingerprint density at radius 2 is 2.02 bits per heavy atom. The number of hydrogen-bond donors (Lipinski definition) is 2. The van der Waals surface area contributed by atoms with Crippen LogP contribution >= 0.6 is 0 Å². The highest BCUT2D eigenvalue weighted by atomic mass is 16.5. The minimum Gasteiger partial charge on any atom is -0.383 e. The molecule has 9 nitrogen and oxygen atoms in total. The Morgan fingerprint density at radius 3 is 2.85 bits per heavy atom. The Morgan fingerprint density at radius 1 is 1.15 bits per heavy atom. The normalized spacial score (nSPS) is 19.2. The second-order valence-electron chi connectivity index (χ2n) is 10.5. The predicted molar refractivity (Wildman–Crippen MR) is 154 cm³/mol. The van der Waals surface area contributed by atoms with Crippen LogP contribution in [0.3, 0.4) is 0 Å². The molecule has 2 N–H and O–H groups in total. The molecule has 0 saturated carbocycles. The Kier molecular flexibility index (Phi) is 7.66. The van der Waals surface area contributed by atoms with Gasteiger partial charge in [-0.15, -0.1) is 0 Å². The maximum atomic E-state index is 13.5. The van der Waals surface area contributed by atoms with Crippen LogP contribution < -0.4 is 10.2 Å². The van der Waals surface area contributed by atoms with E-state index in [0.29, 0.717) is 37.5 Å². The number of likely N-dealkylation sites (tertiary alicyclic amines) is 1. The number of fused-ring (bicyclic) bond motifs is 1. The molecule has 9 heteroatoms. The summed E-state index contributed by atoms with van der Waals surface area (Å²) in [5.74, 6) is 0.0238. The summed E-state index contributed by atoms with van der Waals surface area (Å²) in [6, 6.07) is 12.0. The molecule has 0 aliphatic carbocycles. The third-order valence-corrected chi connectivity index (χ3v) is 7.96. The van der Waals surface area contributed by atoms with Crippen molar-refractivity contribution in [3.63, 3.8) is 0 Å². The van der Waals surface area contributed by atoms with Crippen LogP contribution in [0.15, 0.2) is 42.6 Å². The molecular weight excluding hydrogens is 506 g/mol. The van der Waals surface area contributed by atoms with Crippen LogP contribution in [0.25, 0.3) is 23.4 Å². The number of hydrogen-bond acceptors (Lipinski definition) is 6. The second kappa shape index (κ2) is 11.7. The molecule has 2 saturated heterocycles. The molecular formula is C31H35N5O4. The largest absolute Gasteiger partial charge is 0.383 e. The summed E-state index contributed by atoms with van der Waals surface area (Å²) in [5.41, 5.74) is 7.11. The highest BCUT2D eigenvalue weighted by molar-refractivity contribution is 5.98. The third-order valence-electron chi connectivity index (χ3n) is 7.96. The van der Waals surface area contributed by atoms with Crippen molar-refractivity contribution in [1.29, 1.82) is 0 Å². The number of nitrogens with one attached hydrogen (secondary N) is 2. The Labute approximate surface area is 234 Å². The lowest BCUT2D eigenvalue weighted by Crippen LogP contribution is -2.39. The van der Waals surface area contributed by atoms with Crippen molar-refractivity contribution in [3.8, 4) is 11.3 Å². The molecule has 2 aromatic heterocycles. The van der Waals surface area contributed by atoms with Crippen LogP contribution in [0.5, 0.6) is 0 Å². The van der Waals surface area contributed by atoms with Crippen molar-refractivity contribution in [3.05, 3.63) is 70.7 Å². The van der Waals surface area contributed by atoms with Gasteiger partial charge in [0.2, 0.25) is 0 Å². The van der Waals surface area contributed by atoms with E-state index in [9.17, 15) is 9.59 Å². The van der Waals surface area contributed by atoms with Gasteiger partial charge in [0.05, 0.1) is 37.1 Å². The quantitative estimate of drug-likeness (QED) is 0.474. The lowest BCUT2D eigenvalue weighted by Gasteiger charge is -2.31. The van der Waals surface area contributed by atoms with Crippen LogP contribution in [0.1, 0.15) is 50.5 Å². The summed E-state index contributed by atoms with van der Waals surface area (Å²) in [6.07, 6.45) is 8.61. The van der Waals surface area contributed by atoms with E-state index >= 15 is 0 Å². The number of carbonyl (C=O) groups excluding carboxylic acids is 2. The molecule has 0 unspecified atom stereocenters. The third kappa shape index (κ3) is 5.39. The molecule has 3 aliphatic heterocycles. The number of ether oxygens (including phenoxy) is 2. The van der Waals surface area contributed by atoms with E-state index < -0.39 is 0 Å². The van der Waals surface area contributed by atoms with Crippen LogP contribution in [-0.2, 0) is 15.9 Å². The first kappa shape index (κ1) is 26.3. The number of pyridine rings is 1. The van der Waals surface area contributed by atoms with Gasteiger partial charge in [-0.25, -0.2) is 0 Å². The van der Waals surface area contributed by atoms with E-state index in [4.69, 9.17) is 9.47 Å². The minimum atomic E-state index is -0.0329. The van der Waals surface area contributed by atoms with Crippen LogP contribution in [-0.4, -0.2) is 85.8 Å². The van der Waals surface area contributed by atoms with Crippen molar-refractivity contribution in [1.82, 2.24) is 20.2 Å². The van der Waals surface area contributed by atoms with Gasteiger partial charge < -0.3 is 29.6 Å². The van der Waals surface area contributed by atoms with E-state index in [1.54, 1.807) is 13.3 Å². The number of amides is 2. The van der Waals surface area contributed by atoms with E-state index in [-0.39, 0.29) is 17.9 Å². The maximum absolute atomic E-state index is 13.5. The van der Waals surface area contributed by atoms with Crippen LogP contribution in [0, 0.1) is 0 Å². The van der Waals surface area contributed by atoms with Gasteiger partial charge in [0.1, 0.15) is 0 Å². The minimum absolute atomic E-state index is 0.0329. The zero-order valence-electron chi connectivity index (χ0n) is 22.8. The van der Waals surface area contributed by atoms with E-state index in [0.717, 1.165) is 72.8 Å². The first-order valence-electron chi connectivity index (χ1n) is 14.0. The highest BCUT2D eigenvalue weighted by Crippen LogP contribution is 2.29. The van der Waals surface area contributed by atoms with E-state index in [1.807, 2.05) is 47.4 Å². The summed E-state index contributed by atoms with van der Waals surface area (Å²) >= 11 is 0. The number of nitrogens with zero attached hydrogens (tertiary/aromatic N) is 3. The summed E-state index contributed by atoms with van der Waals surface area (Å²) < 4.78 is 11.0. The number of carbonyl (C=O) groups is 2. The number of aromatic amines is 1. The summed E-state index contributed by atoms with van der Waals surface area (Å²) in [7, 11) is 1.69. The fourth-order valence-corrected chi connectivity index (χ4v) is 5.86. The van der Waals surface area contributed by atoms with Crippen LogP contribution in [0.4, 0.5) is 5.69 Å². The molecule has 0 radical (unpaired) electrons. The monoisotopic (exact) mass is 541 g/mol. The summed E-state index contributed by atoms with van der Waals surface area (Å²) in [5, 5.41) is 2.90. The average molecular weight is 542 g/mol. The van der Waals surface area contributed by atoms with Crippen molar-refractivity contribution in [2.75, 3.05) is 58.0 Å². The number of benzene rings is 1. The molecule has 40 heavy (non-hydrogen) atoms. The molecule has 0 spiro atoms. The van der Waals surface area contributed by atoms with Gasteiger partial charge in [0, 0.05) is 74.1 Å². The van der Waals surface area contributed by atoms with Gasteiger partial charge in [0.15, 0.2) is 0 Å². The SMILES string of the molecule is COC[C@@H]1CCCN1C(=O)c1ccc(C=Cc2cc(-c3cc4c([nH]3)CCNC4=O)ccn2)c(N2CCOCC2)c1. The fourth-order valence-electron chi connectivity index (χ4n) is 5.86. The average Bonchev–Trinajstić information content (AvgIpc) is 3.65. The summed E-state index contributed by atoms with van der Waals surface area (Å²) in [6.45, 7) is 4.83. The zero-order valence-corrected chi connectivity index (χ0v) is 22.8. The Bertz CT molecular complexity index is 1420. The van der Waals surface area contributed by atoms with Gasteiger partial charge in [-0.1, -0.05) is 12.1 Å². The molecule has 2 amide bonds. The first-order chi connectivity index (χ1) is 19.6. The van der Waals surface area contributed by atoms with Crippen molar-refractivity contribution in [2.45, 2.75) is 25.3 Å². The molecule has 6 rings (SSSR count). The number of aromatic nitrogens is 2. The number of methoxy groups -OCH3 is 1. The molecule has 3 aromatic rings. The number of H-pyrrole nitrogens is 1. The van der Waals surface area contributed by atoms with Gasteiger partial charge in [0.25, 0.3) is 11.8 Å². The molecule has 1 atom stereocenters. The predicted octanol–water partition coefficient (Wildman–Crippen LogP) is 3.62. The van der Waals surface area contributed by atoms with Crippen LogP contribution in [0.2, 0.25) is 0 Å². The Balaban J connectivity index is 1.27. The zero-order chi connectivity index (χ0) is 27.5. The van der Waals surface area contributed by atoms with Crippen molar-refractivity contribution in [2.24, 2.45) is 0 Å². The molecule has 2 fully saturated rings. The first-order valence-corrected chi connectivity index (χ1v) is 14.0. The molecule has 0 bridgehead atoms. The molecule has 5 heterocycles. The smallest absolute Gasteiger partial charge is 0.254 e. The number of rotatable bonds is 7. The number of morpholine rings is 1. The van der Waals surface area contributed by atoms with Gasteiger partial charge in [-0.2, -0.15) is 0 Å². The topological polar surface area (TPSA) is 99.8 Å². The number of anilines is 1. The lowest BCUT2D eigenvalue weighted by atomic mass is 10.0. The highest BCUT2D eigenvalue weighted by Gasteiger charge is 2.30. The van der Waals surface area contributed by atoms with Crippen molar-refractivity contribution >= 4 is 29.7 Å². The lowest BCUT2D eigenvalue weighted by molar-refractivity contribution is 0.0630. The molecule has 1 aromatic carbocycles. The Hall–Kier alpha value is -3.95. The van der Waals surface area contributed by atoms with Gasteiger partial charge >= 0.3 is 0 Å². The fraction of sp³-hybridized carbons (Fsp3) is 0.387. The molecule has 208 valence electrons. The maximum Gasteiger partial charge on any atom is 0.254 e. The summed E-state index contributed by atoms with van der Waals surface area (Å²) in [4.78, 5) is 37.9. The van der Waals surface area contributed by atoms with Crippen molar-refractivity contribution < 1.29 is 19.1 Å². The van der Waals surface area contributed by atoms with Gasteiger partial charge in [-0.05, 0) is 54.8 Å². The second-order valence-corrected chi connectivity index (χ2v) is 10.5. The standard InChI is InChI=1S/C31H35N5O4/c1-39-20-25-3-2-12-36(25)31(38)23-5-4-21(29(18-23)35-13-15-40-16-14-35)6-7-24-17-22(8-10-32-24)28-19-26-27(34-28)9-11-33-30(26)37/h4-8,10,17-19,25,34H,2-3,9,11-16,20H2,1H3,(H,33,37)/t25-/m0/s1. The van der Waals surface area contributed by atoms with E-state index in [1.165, 1.54) is 0 Å².